The van der Waals surface area contributed by atoms with Gasteiger partial charge < -0.3 is 15.9 Å². The van der Waals surface area contributed by atoms with E-state index in [1.54, 1.807) is 0 Å². The van der Waals surface area contributed by atoms with Gasteiger partial charge in [-0.3, -0.25) is 4.79 Å². The van der Waals surface area contributed by atoms with Crippen molar-refractivity contribution in [1.82, 2.24) is 0 Å². The van der Waals surface area contributed by atoms with Crippen molar-refractivity contribution < 1.29 is 15.0 Å². The van der Waals surface area contributed by atoms with Crippen molar-refractivity contribution in [2.24, 2.45) is 5.73 Å². The Kier molecular flexibility index (Phi) is 5.10. The van der Waals surface area contributed by atoms with Gasteiger partial charge in [0.1, 0.15) is 6.10 Å². The van der Waals surface area contributed by atoms with Gasteiger partial charge in [-0.2, -0.15) is 0 Å². The van der Waals surface area contributed by atoms with Crippen LogP contribution in [0, 0.1) is 0 Å². The minimum absolute atomic E-state index is 0.0285. The molecule has 4 heteroatoms. The van der Waals surface area contributed by atoms with Gasteiger partial charge in [-0.15, -0.1) is 0 Å². The molecule has 0 aliphatic heterocycles. The first-order valence-electron chi connectivity index (χ1n) is 3.14. The van der Waals surface area contributed by atoms with E-state index in [4.69, 9.17) is 15.9 Å². The number of hydrogen-bond acceptors (Lipinski definition) is 4. The predicted molar refractivity (Wildman–Crippen MR) is 36.0 cm³/mol. The van der Waals surface area contributed by atoms with Gasteiger partial charge in [0.2, 0.25) is 6.29 Å². The van der Waals surface area contributed by atoms with Gasteiger partial charge in [0, 0.05) is 6.42 Å². The Morgan fingerprint density at radius 3 is 2.50 bits per heavy atom. The average Bonchev–Trinajstić information content (AvgIpc) is 1.88. The summed E-state index contributed by atoms with van der Waals surface area (Å²) in [4.78, 5) is 9.73. The molecule has 0 heterocycles. The smallest absolute Gasteiger partial charge is 0.229 e. The largest absolute Gasteiger partial charge is 0.393 e. The van der Waals surface area contributed by atoms with E-state index in [0.717, 1.165) is 0 Å². The minimum atomic E-state index is -1.18. The van der Waals surface area contributed by atoms with Gasteiger partial charge in [-0.05, 0) is 13.0 Å². The van der Waals surface area contributed by atoms with Crippen molar-refractivity contribution in [1.29, 1.82) is 0 Å². The summed E-state index contributed by atoms with van der Waals surface area (Å²) in [5.74, 6) is 0. The second-order valence-corrected chi connectivity index (χ2v) is 2.10. The van der Waals surface area contributed by atoms with Gasteiger partial charge in [0.05, 0.1) is 6.10 Å². The molecule has 0 rings (SSSR count). The summed E-state index contributed by atoms with van der Waals surface area (Å²) in [6.45, 7) is 0.354. The molecular formula is C6H12NO3. The topological polar surface area (TPSA) is 83.6 Å². The van der Waals surface area contributed by atoms with Crippen molar-refractivity contribution in [2.45, 2.75) is 25.0 Å². The summed E-state index contributed by atoms with van der Waals surface area (Å²) in [6.07, 6.45) is -0.0833. The van der Waals surface area contributed by atoms with Gasteiger partial charge in [-0.25, -0.2) is 0 Å². The molecule has 0 amide bonds. The Hall–Kier alpha value is -0.450. The maximum Gasteiger partial charge on any atom is 0.229 e. The fourth-order valence-electron chi connectivity index (χ4n) is 0.616. The van der Waals surface area contributed by atoms with Crippen LogP contribution in [0.3, 0.4) is 0 Å². The molecule has 2 atom stereocenters. The van der Waals surface area contributed by atoms with Crippen LogP contribution in [0.1, 0.15) is 12.8 Å². The number of hydrogen-bond donors (Lipinski definition) is 3. The number of aliphatic hydroxyl groups excluding tert-OH is 2. The van der Waals surface area contributed by atoms with Crippen LogP contribution in [-0.2, 0) is 4.79 Å². The highest BCUT2D eigenvalue weighted by atomic mass is 16.3. The van der Waals surface area contributed by atoms with Crippen LogP contribution in [-0.4, -0.2) is 35.3 Å². The lowest BCUT2D eigenvalue weighted by Crippen LogP contribution is -2.21. The summed E-state index contributed by atoms with van der Waals surface area (Å²) in [5, 5.41) is 17.6. The van der Waals surface area contributed by atoms with Crippen LogP contribution in [0.15, 0.2) is 0 Å². The first kappa shape index (κ1) is 9.55. The molecule has 0 spiro atoms. The van der Waals surface area contributed by atoms with Crippen molar-refractivity contribution in [3.8, 4) is 0 Å². The zero-order valence-corrected chi connectivity index (χ0v) is 5.66. The molecule has 0 aromatic rings. The lowest BCUT2D eigenvalue weighted by Gasteiger charge is -2.08. The molecule has 0 saturated carbocycles. The van der Waals surface area contributed by atoms with E-state index in [-0.39, 0.29) is 6.42 Å². The van der Waals surface area contributed by atoms with E-state index in [0.29, 0.717) is 13.0 Å². The Bertz CT molecular complexity index is 97.0. The molecule has 0 aromatic heterocycles. The second-order valence-electron chi connectivity index (χ2n) is 2.10. The maximum atomic E-state index is 9.73. The van der Waals surface area contributed by atoms with Gasteiger partial charge >= 0.3 is 0 Å². The van der Waals surface area contributed by atoms with Crippen molar-refractivity contribution >= 4 is 6.29 Å². The van der Waals surface area contributed by atoms with E-state index in [9.17, 15) is 4.79 Å². The highest BCUT2D eigenvalue weighted by molar-refractivity contribution is 5.56. The number of carbonyl (C=O) groups excluding carboxylic acids is 1. The molecule has 10 heavy (non-hydrogen) atoms. The zero-order chi connectivity index (χ0) is 7.98. The Morgan fingerprint density at radius 1 is 1.50 bits per heavy atom. The molecule has 4 N–H and O–H groups in total. The van der Waals surface area contributed by atoms with Crippen molar-refractivity contribution in [2.75, 3.05) is 6.54 Å². The molecule has 0 aliphatic rings. The SMILES string of the molecule is NCCC(O)CC(O)[C]=O. The third-order valence-electron chi connectivity index (χ3n) is 1.13. The molecule has 0 fully saturated rings. The lowest BCUT2D eigenvalue weighted by atomic mass is 10.1. The highest BCUT2D eigenvalue weighted by Crippen LogP contribution is 1.98. The summed E-state index contributed by atoms with van der Waals surface area (Å²) >= 11 is 0. The van der Waals surface area contributed by atoms with Crippen LogP contribution in [0.4, 0.5) is 0 Å². The van der Waals surface area contributed by atoms with E-state index < -0.39 is 12.2 Å². The van der Waals surface area contributed by atoms with E-state index in [1.165, 1.54) is 6.29 Å². The summed E-state index contributed by atoms with van der Waals surface area (Å²) < 4.78 is 0. The number of rotatable bonds is 5. The van der Waals surface area contributed by atoms with Crippen LogP contribution in [0.25, 0.3) is 0 Å². The number of aliphatic hydroxyl groups is 2. The van der Waals surface area contributed by atoms with E-state index in [2.05, 4.69) is 0 Å². The van der Waals surface area contributed by atoms with Gasteiger partial charge in [0.25, 0.3) is 0 Å². The summed E-state index contributed by atoms with van der Waals surface area (Å²) in [7, 11) is 0. The zero-order valence-electron chi connectivity index (χ0n) is 5.66. The fourth-order valence-corrected chi connectivity index (χ4v) is 0.616. The van der Waals surface area contributed by atoms with Crippen molar-refractivity contribution in [3.05, 3.63) is 0 Å². The lowest BCUT2D eigenvalue weighted by molar-refractivity contribution is 0.106. The molecular weight excluding hydrogens is 134 g/mol. The second kappa shape index (κ2) is 5.34. The van der Waals surface area contributed by atoms with Crippen LogP contribution in [0.5, 0.6) is 0 Å². The standard InChI is InChI=1S/C6H12NO3/c7-2-1-5(9)3-6(10)4-8/h5-6,9-10H,1-3,7H2. The quantitative estimate of drug-likeness (QED) is 0.443. The molecule has 0 saturated heterocycles. The average molecular weight is 146 g/mol. The van der Waals surface area contributed by atoms with Crippen LogP contribution >= 0.6 is 0 Å². The normalized spacial score (nSPS) is 16.3. The highest BCUT2D eigenvalue weighted by Gasteiger charge is 2.09. The molecule has 1 radical (unpaired) electrons. The fraction of sp³-hybridized carbons (Fsp3) is 0.833. The molecule has 4 nitrogen and oxygen atoms in total. The maximum absolute atomic E-state index is 9.73. The van der Waals surface area contributed by atoms with Gasteiger partial charge in [0.15, 0.2) is 0 Å². The minimum Gasteiger partial charge on any atom is -0.393 e. The Balaban J connectivity index is 3.36. The predicted octanol–water partition coefficient (Wildman–Crippen LogP) is -1.44. The Morgan fingerprint density at radius 2 is 2.10 bits per heavy atom. The molecule has 0 aliphatic carbocycles. The van der Waals surface area contributed by atoms with E-state index >= 15 is 0 Å². The van der Waals surface area contributed by atoms with Crippen LogP contribution < -0.4 is 5.73 Å². The number of nitrogens with two attached hydrogens (primary N) is 1. The summed E-state index contributed by atoms with van der Waals surface area (Å²) in [5.41, 5.74) is 5.11. The van der Waals surface area contributed by atoms with Crippen molar-refractivity contribution in [3.63, 3.8) is 0 Å². The molecule has 2 unspecified atom stereocenters. The van der Waals surface area contributed by atoms with E-state index in [1.807, 2.05) is 0 Å². The molecule has 0 bridgehead atoms. The third kappa shape index (κ3) is 4.43. The summed E-state index contributed by atoms with van der Waals surface area (Å²) in [6, 6.07) is 0. The monoisotopic (exact) mass is 146 g/mol. The molecule has 0 aromatic carbocycles. The third-order valence-corrected chi connectivity index (χ3v) is 1.13. The van der Waals surface area contributed by atoms with Crippen LogP contribution in [0.2, 0.25) is 0 Å². The first-order valence-corrected chi connectivity index (χ1v) is 3.14. The van der Waals surface area contributed by atoms with Gasteiger partial charge in [-0.1, -0.05) is 0 Å². The molecule has 59 valence electrons. The Labute approximate surface area is 59.7 Å². The first-order chi connectivity index (χ1) is 4.70.